The van der Waals surface area contributed by atoms with Crippen molar-refractivity contribution in [2.24, 2.45) is 5.92 Å². The molecule has 0 bridgehead atoms. The zero-order valence-corrected chi connectivity index (χ0v) is 23.7. The number of carboxylic acids is 1. The summed E-state index contributed by atoms with van der Waals surface area (Å²) in [5.41, 5.74) is 4.49. The first-order valence-electron chi connectivity index (χ1n) is 14.5. The van der Waals surface area contributed by atoms with E-state index in [1.807, 2.05) is 36.4 Å². The van der Waals surface area contributed by atoms with Crippen molar-refractivity contribution in [3.63, 3.8) is 0 Å². The van der Waals surface area contributed by atoms with E-state index in [1.165, 1.54) is 18.9 Å². The first-order valence-corrected chi connectivity index (χ1v) is 14.5. The van der Waals surface area contributed by atoms with Gasteiger partial charge >= 0.3 is 5.97 Å². The van der Waals surface area contributed by atoms with Crippen molar-refractivity contribution in [3.05, 3.63) is 83.2 Å². The van der Waals surface area contributed by atoms with Gasteiger partial charge in [-0.2, -0.15) is 0 Å². The van der Waals surface area contributed by atoms with E-state index in [0.717, 1.165) is 53.8 Å². The monoisotopic (exact) mass is 545 g/mol. The molecule has 0 spiro atoms. The largest absolute Gasteiger partial charge is 0.497 e. The summed E-state index contributed by atoms with van der Waals surface area (Å²) in [4.78, 5) is 14.0. The van der Waals surface area contributed by atoms with Gasteiger partial charge < -0.3 is 14.6 Å². The third-order valence-electron chi connectivity index (χ3n) is 8.59. The average molecular weight is 546 g/mol. The smallest absolute Gasteiger partial charge is 0.303 e. The van der Waals surface area contributed by atoms with E-state index < -0.39 is 5.97 Å². The topological polar surface area (TPSA) is 59.0 Å². The third-order valence-corrected chi connectivity index (χ3v) is 8.59. The quantitative estimate of drug-likeness (QED) is 0.252. The van der Waals surface area contributed by atoms with E-state index in [-0.39, 0.29) is 18.2 Å². The molecule has 0 unspecified atom stereocenters. The fourth-order valence-electron chi connectivity index (χ4n) is 6.05. The van der Waals surface area contributed by atoms with Crippen LogP contribution in [0.3, 0.4) is 0 Å². The molecule has 0 aromatic heterocycles. The Bertz CT molecular complexity index is 1330. The predicted octanol–water partition coefficient (Wildman–Crippen LogP) is 7.81. The van der Waals surface area contributed by atoms with Gasteiger partial charge in [0.15, 0.2) is 0 Å². The van der Waals surface area contributed by atoms with Gasteiger partial charge in [-0.25, -0.2) is 4.39 Å². The highest BCUT2D eigenvalue weighted by Crippen LogP contribution is 2.40. The molecule has 2 fully saturated rings. The van der Waals surface area contributed by atoms with E-state index in [0.29, 0.717) is 35.9 Å². The molecule has 1 N–H and O–H groups in total. The Morgan fingerprint density at radius 2 is 1.75 bits per heavy atom. The number of benzene rings is 3. The predicted molar refractivity (Wildman–Crippen MR) is 155 cm³/mol. The Hall–Kier alpha value is -3.38. The summed E-state index contributed by atoms with van der Waals surface area (Å²) in [6.07, 6.45) is 5.76. The van der Waals surface area contributed by atoms with Crippen molar-refractivity contribution in [1.82, 2.24) is 4.90 Å². The standard InChI is InChI=1S/C34H40FNO4/c1-22-7-8-23(2)36(22)20-28-16-25(11-13-31(28)32-19-29(39-3)12-14-33(32)35)21-40-30-6-4-5-26(17-30)27(18-34(37)38)15-24-9-10-24/h4-6,11-14,16-17,19,22-24,27H,7-10,15,18,20-21H2,1-3H3,(H,37,38)/t22-,23-,27-/m1/s1. The lowest BCUT2D eigenvalue weighted by Crippen LogP contribution is -2.32. The van der Waals surface area contributed by atoms with Gasteiger partial charge in [0.2, 0.25) is 0 Å². The maximum Gasteiger partial charge on any atom is 0.303 e. The Kier molecular flexibility index (Phi) is 8.75. The molecular formula is C34H40FNO4. The van der Waals surface area contributed by atoms with Crippen LogP contribution < -0.4 is 9.47 Å². The molecule has 6 heteroatoms. The minimum atomic E-state index is -0.765. The lowest BCUT2D eigenvalue weighted by molar-refractivity contribution is -0.137. The van der Waals surface area contributed by atoms with Gasteiger partial charge in [0.1, 0.15) is 23.9 Å². The summed E-state index contributed by atoms with van der Waals surface area (Å²) in [5.74, 6) is 0.963. The zero-order valence-electron chi connectivity index (χ0n) is 23.7. The van der Waals surface area contributed by atoms with Gasteiger partial charge in [-0.05, 0) is 97.5 Å². The highest BCUT2D eigenvalue weighted by Gasteiger charge is 2.29. The van der Waals surface area contributed by atoms with Gasteiger partial charge in [0, 0.05) is 24.2 Å². The van der Waals surface area contributed by atoms with Crippen LogP contribution in [0.2, 0.25) is 0 Å². The molecule has 1 saturated heterocycles. The molecule has 5 rings (SSSR count). The van der Waals surface area contributed by atoms with Crippen molar-refractivity contribution in [3.8, 4) is 22.6 Å². The third kappa shape index (κ3) is 6.84. The van der Waals surface area contributed by atoms with Gasteiger partial charge in [0.25, 0.3) is 0 Å². The van der Waals surface area contributed by atoms with Crippen LogP contribution in [0.5, 0.6) is 11.5 Å². The number of likely N-dealkylation sites (tertiary alicyclic amines) is 1. The van der Waals surface area contributed by atoms with Gasteiger partial charge in [-0.1, -0.05) is 43.2 Å². The molecule has 40 heavy (non-hydrogen) atoms. The molecule has 212 valence electrons. The number of rotatable bonds is 12. The second kappa shape index (κ2) is 12.4. The van der Waals surface area contributed by atoms with Crippen LogP contribution in [0, 0.1) is 11.7 Å². The number of carboxylic acid groups (broad SMARTS) is 1. The second-order valence-electron chi connectivity index (χ2n) is 11.6. The molecule has 0 radical (unpaired) electrons. The molecule has 1 aliphatic carbocycles. The van der Waals surface area contributed by atoms with Gasteiger partial charge in [0.05, 0.1) is 13.5 Å². The molecule has 2 aliphatic rings. The van der Waals surface area contributed by atoms with Crippen LogP contribution >= 0.6 is 0 Å². The van der Waals surface area contributed by atoms with E-state index in [1.54, 1.807) is 19.2 Å². The van der Waals surface area contributed by atoms with Gasteiger partial charge in [-0.3, -0.25) is 9.69 Å². The molecular weight excluding hydrogens is 505 g/mol. The first-order chi connectivity index (χ1) is 19.3. The minimum absolute atomic E-state index is 0.00152. The van der Waals surface area contributed by atoms with Crippen LogP contribution in [0.25, 0.3) is 11.1 Å². The van der Waals surface area contributed by atoms with Crippen molar-refractivity contribution < 1.29 is 23.8 Å². The van der Waals surface area contributed by atoms with Crippen molar-refractivity contribution >= 4 is 5.97 Å². The number of aliphatic carboxylic acids is 1. The summed E-state index contributed by atoms with van der Waals surface area (Å²) < 4.78 is 26.7. The maximum absolute atomic E-state index is 15.0. The van der Waals surface area contributed by atoms with Crippen molar-refractivity contribution in [2.75, 3.05) is 7.11 Å². The minimum Gasteiger partial charge on any atom is -0.497 e. The fourth-order valence-corrected chi connectivity index (χ4v) is 6.05. The lowest BCUT2D eigenvalue weighted by atomic mass is 9.90. The molecule has 1 saturated carbocycles. The van der Waals surface area contributed by atoms with Crippen molar-refractivity contribution in [1.29, 1.82) is 0 Å². The van der Waals surface area contributed by atoms with E-state index in [4.69, 9.17) is 9.47 Å². The molecule has 3 aromatic rings. The number of nitrogens with zero attached hydrogens (tertiary/aromatic N) is 1. The highest BCUT2D eigenvalue weighted by atomic mass is 19.1. The summed E-state index contributed by atoms with van der Waals surface area (Å²) in [6, 6.07) is 19.8. The Morgan fingerprint density at radius 3 is 2.45 bits per heavy atom. The number of hydrogen-bond acceptors (Lipinski definition) is 4. The summed E-state index contributed by atoms with van der Waals surface area (Å²) in [5, 5.41) is 9.45. The zero-order chi connectivity index (χ0) is 28.2. The summed E-state index contributed by atoms with van der Waals surface area (Å²) in [7, 11) is 1.59. The SMILES string of the molecule is COc1ccc(F)c(-c2ccc(COc3cccc([C@@H](CC(=O)O)CC4CC4)c3)cc2CN2[C@H](C)CC[C@H]2C)c1. The molecule has 0 amide bonds. The van der Waals surface area contributed by atoms with E-state index in [9.17, 15) is 9.90 Å². The van der Waals surface area contributed by atoms with E-state index in [2.05, 4.69) is 24.8 Å². The molecule has 3 atom stereocenters. The number of methoxy groups -OCH3 is 1. The van der Waals surface area contributed by atoms with E-state index >= 15 is 4.39 Å². The van der Waals surface area contributed by atoms with Crippen LogP contribution in [-0.2, 0) is 17.9 Å². The van der Waals surface area contributed by atoms with Crippen LogP contribution in [0.15, 0.2) is 60.7 Å². The summed E-state index contributed by atoms with van der Waals surface area (Å²) in [6.45, 7) is 5.62. The fraction of sp³-hybridized carbons (Fsp3) is 0.441. The number of carbonyl (C=O) groups is 1. The number of ether oxygens (including phenoxy) is 2. The Labute approximate surface area is 236 Å². The maximum atomic E-state index is 15.0. The van der Waals surface area contributed by atoms with Crippen LogP contribution in [-0.4, -0.2) is 35.2 Å². The summed E-state index contributed by atoms with van der Waals surface area (Å²) >= 11 is 0. The van der Waals surface area contributed by atoms with Crippen molar-refractivity contribution in [2.45, 2.75) is 83.5 Å². The number of hydrogen-bond donors (Lipinski definition) is 1. The second-order valence-corrected chi connectivity index (χ2v) is 11.6. The van der Waals surface area contributed by atoms with Crippen LogP contribution in [0.1, 0.15) is 75.0 Å². The Balaban J connectivity index is 1.39. The van der Waals surface area contributed by atoms with Crippen LogP contribution in [0.4, 0.5) is 4.39 Å². The normalized spacial score (nSPS) is 19.9. The molecule has 1 aliphatic heterocycles. The number of halogens is 1. The molecule has 1 heterocycles. The van der Waals surface area contributed by atoms with Gasteiger partial charge in [-0.15, -0.1) is 0 Å². The first kappa shape index (κ1) is 28.2. The molecule has 3 aromatic carbocycles. The Morgan fingerprint density at radius 1 is 0.975 bits per heavy atom. The average Bonchev–Trinajstić information content (AvgIpc) is 3.72. The lowest BCUT2D eigenvalue weighted by Gasteiger charge is -2.27. The molecule has 5 nitrogen and oxygen atoms in total. The highest BCUT2D eigenvalue weighted by molar-refractivity contribution is 5.70.